The van der Waals surface area contributed by atoms with E-state index in [9.17, 15) is 9.59 Å². The van der Waals surface area contributed by atoms with E-state index in [1.54, 1.807) is 11.3 Å². The number of carbonyl (C=O) groups excluding carboxylic acids is 2. The SMILES string of the molecule is O=C(NCCc1ccccc1)C(=O)NCCc1cccs1. The van der Waals surface area contributed by atoms with Crippen LogP contribution in [0.25, 0.3) is 0 Å². The first-order valence-corrected chi connectivity index (χ1v) is 7.76. The molecule has 2 rings (SSSR count). The van der Waals surface area contributed by atoms with Crippen molar-refractivity contribution in [1.29, 1.82) is 0 Å². The van der Waals surface area contributed by atoms with E-state index < -0.39 is 11.8 Å². The van der Waals surface area contributed by atoms with Gasteiger partial charge in [-0.25, -0.2) is 0 Å². The summed E-state index contributed by atoms with van der Waals surface area (Å²) in [5.41, 5.74) is 1.14. The van der Waals surface area contributed by atoms with E-state index in [0.717, 1.165) is 18.4 Å². The Kier molecular flexibility index (Phi) is 5.97. The Morgan fingerprint density at radius 3 is 2.14 bits per heavy atom. The molecular weight excluding hydrogens is 284 g/mol. The van der Waals surface area contributed by atoms with Crippen LogP contribution in [0.5, 0.6) is 0 Å². The Labute approximate surface area is 128 Å². The Bertz CT molecular complexity index is 567. The molecule has 5 heteroatoms. The van der Waals surface area contributed by atoms with Gasteiger partial charge in [-0.1, -0.05) is 36.4 Å². The maximum absolute atomic E-state index is 11.6. The van der Waals surface area contributed by atoms with Gasteiger partial charge in [-0.15, -0.1) is 11.3 Å². The van der Waals surface area contributed by atoms with E-state index in [1.807, 2.05) is 47.8 Å². The fourth-order valence-corrected chi connectivity index (χ4v) is 2.59. The summed E-state index contributed by atoms with van der Waals surface area (Å²) in [6, 6.07) is 13.8. The summed E-state index contributed by atoms with van der Waals surface area (Å²) < 4.78 is 0. The van der Waals surface area contributed by atoms with E-state index >= 15 is 0 Å². The van der Waals surface area contributed by atoms with Crippen LogP contribution in [0.4, 0.5) is 0 Å². The number of amides is 2. The second-order valence-electron chi connectivity index (χ2n) is 4.58. The van der Waals surface area contributed by atoms with Gasteiger partial charge in [-0.2, -0.15) is 0 Å². The lowest BCUT2D eigenvalue weighted by atomic mass is 10.1. The van der Waals surface area contributed by atoms with Gasteiger partial charge >= 0.3 is 11.8 Å². The van der Waals surface area contributed by atoms with Gasteiger partial charge in [0.1, 0.15) is 0 Å². The smallest absolute Gasteiger partial charge is 0.309 e. The summed E-state index contributed by atoms with van der Waals surface area (Å²) in [4.78, 5) is 24.4. The molecule has 110 valence electrons. The van der Waals surface area contributed by atoms with Gasteiger partial charge in [0, 0.05) is 18.0 Å². The predicted octanol–water partition coefficient (Wildman–Crippen LogP) is 1.77. The Morgan fingerprint density at radius 1 is 0.857 bits per heavy atom. The molecular formula is C16H18N2O2S. The number of nitrogens with one attached hydrogen (secondary N) is 2. The van der Waals surface area contributed by atoms with Crippen molar-refractivity contribution in [3.63, 3.8) is 0 Å². The molecule has 0 saturated carbocycles. The van der Waals surface area contributed by atoms with E-state index in [1.165, 1.54) is 4.88 Å². The normalized spacial score (nSPS) is 10.1. The zero-order valence-electron chi connectivity index (χ0n) is 11.7. The third kappa shape index (κ3) is 5.39. The summed E-state index contributed by atoms with van der Waals surface area (Å²) in [6.45, 7) is 0.937. The maximum atomic E-state index is 11.6. The highest BCUT2D eigenvalue weighted by atomic mass is 32.1. The Balaban J connectivity index is 1.62. The lowest BCUT2D eigenvalue weighted by molar-refractivity contribution is -0.139. The van der Waals surface area contributed by atoms with Crippen LogP contribution in [0.3, 0.4) is 0 Å². The minimum Gasteiger partial charge on any atom is -0.348 e. The molecule has 0 aliphatic rings. The fraction of sp³-hybridized carbons (Fsp3) is 0.250. The van der Waals surface area contributed by atoms with Crippen LogP contribution in [-0.2, 0) is 22.4 Å². The number of rotatable bonds is 6. The molecule has 4 nitrogen and oxygen atoms in total. The van der Waals surface area contributed by atoms with Crippen LogP contribution in [0.2, 0.25) is 0 Å². The van der Waals surface area contributed by atoms with Crippen LogP contribution in [0.15, 0.2) is 47.8 Å². The summed E-state index contributed by atoms with van der Waals surface area (Å²) in [5.74, 6) is -1.14. The Hall–Kier alpha value is -2.14. The second kappa shape index (κ2) is 8.21. The first kappa shape index (κ1) is 15.3. The van der Waals surface area contributed by atoms with Gasteiger partial charge in [-0.05, 0) is 29.9 Å². The molecule has 0 atom stereocenters. The van der Waals surface area contributed by atoms with Crippen LogP contribution in [0, 0.1) is 0 Å². The molecule has 1 heterocycles. The molecule has 0 spiro atoms. The first-order valence-electron chi connectivity index (χ1n) is 6.88. The zero-order chi connectivity index (χ0) is 14.9. The van der Waals surface area contributed by atoms with E-state index in [2.05, 4.69) is 10.6 Å². The van der Waals surface area contributed by atoms with Crippen molar-refractivity contribution >= 4 is 23.2 Å². The molecule has 0 unspecified atom stereocenters. The monoisotopic (exact) mass is 302 g/mol. The second-order valence-corrected chi connectivity index (χ2v) is 5.61. The zero-order valence-corrected chi connectivity index (χ0v) is 12.5. The third-order valence-corrected chi connectivity index (χ3v) is 3.92. The molecule has 0 saturated heterocycles. The molecule has 0 aliphatic heterocycles. The van der Waals surface area contributed by atoms with E-state index in [-0.39, 0.29) is 0 Å². The lowest BCUT2D eigenvalue weighted by Crippen LogP contribution is -2.41. The summed E-state index contributed by atoms with van der Waals surface area (Å²) in [7, 11) is 0. The number of benzene rings is 1. The quantitative estimate of drug-likeness (QED) is 0.799. The molecule has 21 heavy (non-hydrogen) atoms. The maximum Gasteiger partial charge on any atom is 0.309 e. The third-order valence-electron chi connectivity index (χ3n) is 2.99. The van der Waals surface area contributed by atoms with Gasteiger partial charge in [0.2, 0.25) is 0 Å². The van der Waals surface area contributed by atoms with Crippen molar-refractivity contribution in [2.45, 2.75) is 12.8 Å². The number of hydrogen-bond donors (Lipinski definition) is 2. The molecule has 1 aromatic carbocycles. The van der Waals surface area contributed by atoms with Crippen molar-refractivity contribution in [3.05, 3.63) is 58.3 Å². The minimum absolute atomic E-state index is 0.460. The molecule has 2 amide bonds. The standard InChI is InChI=1S/C16H18N2O2S/c19-15(17-10-8-13-5-2-1-3-6-13)16(20)18-11-9-14-7-4-12-21-14/h1-7,12H,8-11H2,(H,17,19)(H,18,20). The highest BCUT2D eigenvalue weighted by Gasteiger charge is 2.11. The highest BCUT2D eigenvalue weighted by molar-refractivity contribution is 7.09. The highest BCUT2D eigenvalue weighted by Crippen LogP contribution is 2.07. The fourth-order valence-electron chi connectivity index (χ4n) is 1.88. The molecule has 2 aromatic rings. The van der Waals surface area contributed by atoms with E-state index in [0.29, 0.717) is 13.1 Å². The van der Waals surface area contributed by atoms with E-state index in [4.69, 9.17) is 0 Å². The molecule has 0 aliphatic carbocycles. The molecule has 0 radical (unpaired) electrons. The van der Waals surface area contributed by atoms with Gasteiger partial charge in [0.15, 0.2) is 0 Å². The summed E-state index contributed by atoms with van der Waals surface area (Å²) in [5, 5.41) is 7.24. The van der Waals surface area contributed by atoms with Gasteiger partial charge in [0.25, 0.3) is 0 Å². The Morgan fingerprint density at radius 2 is 1.52 bits per heavy atom. The topological polar surface area (TPSA) is 58.2 Å². The van der Waals surface area contributed by atoms with Crippen molar-refractivity contribution in [2.24, 2.45) is 0 Å². The van der Waals surface area contributed by atoms with Crippen molar-refractivity contribution < 1.29 is 9.59 Å². The molecule has 0 fully saturated rings. The molecule has 0 bridgehead atoms. The van der Waals surface area contributed by atoms with Crippen LogP contribution >= 0.6 is 11.3 Å². The lowest BCUT2D eigenvalue weighted by Gasteiger charge is -2.06. The van der Waals surface area contributed by atoms with Gasteiger partial charge in [-0.3, -0.25) is 9.59 Å². The largest absolute Gasteiger partial charge is 0.348 e. The summed E-state index contributed by atoms with van der Waals surface area (Å²) in [6.07, 6.45) is 1.47. The van der Waals surface area contributed by atoms with Gasteiger partial charge < -0.3 is 10.6 Å². The van der Waals surface area contributed by atoms with Gasteiger partial charge in [0.05, 0.1) is 0 Å². The molecule has 1 aromatic heterocycles. The van der Waals surface area contributed by atoms with Crippen molar-refractivity contribution in [2.75, 3.05) is 13.1 Å². The van der Waals surface area contributed by atoms with Crippen molar-refractivity contribution in [1.82, 2.24) is 10.6 Å². The predicted molar refractivity (Wildman–Crippen MR) is 84.2 cm³/mol. The van der Waals surface area contributed by atoms with Crippen molar-refractivity contribution in [3.8, 4) is 0 Å². The number of hydrogen-bond acceptors (Lipinski definition) is 3. The average molecular weight is 302 g/mol. The average Bonchev–Trinajstić information content (AvgIpc) is 3.01. The molecule has 2 N–H and O–H groups in total. The summed E-state index contributed by atoms with van der Waals surface area (Å²) >= 11 is 1.64. The number of carbonyl (C=O) groups is 2. The minimum atomic E-state index is -0.572. The first-order chi connectivity index (χ1) is 10.3. The van der Waals surface area contributed by atoms with Crippen LogP contribution < -0.4 is 10.6 Å². The number of thiophene rings is 1. The van der Waals surface area contributed by atoms with Crippen LogP contribution in [0.1, 0.15) is 10.4 Å². The van der Waals surface area contributed by atoms with Crippen LogP contribution in [-0.4, -0.2) is 24.9 Å².